The van der Waals surface area contributed by atoms with Gasteiger partial charge >= 0.3 is 11.9 Å². The monoisotopic (exact) mass is 654 g/mol. The number of hydrogen-bond acceptors (Lipinski definition) is 6. The number of rotatable bonds is 36. The summed E-state index contributed by atoms with van der Waals surface area (Å²) in [4.78, 5) is 27.2. The molecule has 0 aromatic heterocycles. The maximum Gasteiger partial charge on any atom is 0.306 e. The predicted octanol–water partition coefficient (Wildman–Crippen LogP) is 11.0. The van der Waals surface area contributed by atoms with Gasteiger partial charge in [-0.2, -0.15) is 0 Å². The summed E-state index contributed by atoms with van der Waals surface area (Å²) in [7, 11) is 2.07. The lowest BCUT2D eigenvalue weighted by molar-refractivity contribution is -0.150. The first kappa shape index (κ1) is 44.9. The molecule has 0 heterocycles. The fourth-order valence-corrected chi connectivity index (χ4v) is 6.23. The number of carbonyl (C=O) groups excluding carboxylic acids is 2. The molecule has 1 N–H and O–H groups in total. The van der Waals surface area contributed by atoms with Crippen molar-refractivity contribution in [2.75, 3.05) is 33.4 Å². The molecule has 46 heavy (non-hydrogen) atoms. The molecule has 6 heteroatoms. The van der Waals surface area contributed by atoms with Crippen LogP contribution in [0.15, 0.2) is 0 Å². The maximum atomic E-state index is 12.6. The average molecular weight is 654 g/mol. The lowest BCUT2D eigenvalue weighted by atomic mass is 9.96. The lowest BCUT2D eigenvalue weighted by Crippen LogP contribution is -2.22. The number of ether oxygens (including phenoxy) is 2. The molecule has 0 fully saturated rings. The molecule has 0 aliphatic carbocycles. The topological polar surface area (TPSA) is 76.1 Å². The van der Waals surface area contributed by atoms with Gasteiger partial charge in [0.05, 0.1) is 6.61 Å². The van der Waals surface area contributed by atoms with Gasteiger partial charge in [-0.15, -0.1) is 0 Å². The summed E-state index contributed by atoms with van der Waals surface area (Å²) in [5.74, 6) is 0.481. The first-order valence-electron chi connectivity index (χ1n) is 20.1. The summed E-state index contributed by atoms with van der Waals surface area (Å²) >= 11 is 0. The summed E-state index contributed by atoms with van der Waals surface area (Å²) in [6, 6.07) is 0. The molecule has 0 spiro atoms. The Morgan fingerprint density at radius 2 is 1.00 bits per heavy atom. The van der Waals surface area contributed by atoms with Crippen LogP contribution in [-0.2, 0) is 19.1 Å². The molecule has 0 saturated carbocycles. The highest BCUT2D eigenvalue weighted by molar-refractivity contribution is 5.69. The molecule has 2 unspecified atom stereocenters. The average Bonchev–Trinajstić information content (AvgIpc) is 3.05. The van der Waals surface area contributed by atoms with Crippen LogP contribution in [0.4, 0.5) is 0 Å². The van der Waals surface area contributed by atoms with Crippen molar-refractivity contribution >= 4 is 11.9 Å². The molecule has 0 bridgehead atoms. The summed E-state index contributed by atoms with van der Waals surface area (Å²) < 4.78 is 11.7. The second-order valence-corrected chi connectivity index (χ2v) is 14.1. The molecule has 0 aliphatic heterocycles. The largest absolute Gasteiger partial charge is 0.465 e. The van der Waals surface area contributed by atoms with Gasteiger partial charge in [-0.05, 0) is 83.7 Å². The summed E-state index contributed by atoms with van der Waals surface area (Å²) in [6.45, 7) is 9.42. The van der Waals surface area contributed by atoms with Crippen molar-refractivity contribution in [3.63, 3.8) is 0 Å². The number of aliphatic hydroxyl groups excluding tert-OH is 1. The Morgan fingerprint density at radius 3 is 1.61 bits per heavy atom. The zero-order chi connectivity index (χ0) is 33.9. The Morgan fingerprint density at radius 1 is 0.543 bits per heavy atom. The third kappa shape index (κ3) is 31.5. The third-order valence-electron chi connectivity index (χ3n) is 9.37. The molecule has 2 atom stereocenters. The molecule has 6 nitrogen and oxygen atoms in total. The highest BCUT2D eigenvalue weighted by Gasteiger charge is 2.15. The van der Waals surface area contributed by atoms with Gasteiger partial charge in [-0.1, -0.05) is 124 Å². The number of unbranched alkanes of at least 4 members (excludes halogenated alkanes) is 16. The molecule has 0 amide bonds. The van der Waals surface area contributed by atoms with E-state index in [1.54, 1.807) is 0 Å². The van der Waals surface area contributed by atoms with Crippen LogP contribution in [0.25, 0.3) is 0 Å². The zero-order valence-electron chi connectivity index (χ0n) is 31.3. The summed E-state index contributed by atoms with van der Waals surface area (Å²) in [5, 5.41) is 8.99. The van der Waals surface area contributed by atoms with Gasteiger partial charge in [0.2, 0.25) is 0 Å². The standard InChI is InChI=1S/C40H79NO5/c1-5-8-11-13-14-17-21-29-38(46-40(44)32-24-25-33-41(4)34-26-35-42)30-22-18-15-16-19-23-31-39(43)45-36-37(27-10-7-3)28-20-12-9-6-2/h37-38,42H,5-36H2,1-4H3. The molecule has 0 rings (SSSR count). The second-order valence-electron chi connectivity index (χ2n) is 14.1. The van der Waals surface area contributed by atoms with Crippen LogP contribution in [0, 0.1) is 5.92 Å². The fourth-order valence-electron chi connectivity index (χ4n) is 6.23. The van der Waals surface area contributed by atoms with Crippen LogP contribution < -0.4 is 0 Å². The molecule has 0 aromatic carbocycles. The number of nitrogens with zero attached hydrogens (tertiary/aromatic N) is 1. The van der Waals surface area contributed by atoms with Gasteiger partial charge in [-0.3, -0.25) is 9.59 Å². The Balaban J connectivity index is 4.23. The van der Waals surface area contributed by atoms with Crippen molar-refractivity contribution in [3.8, 4) is 0 Å². The minimum Gasteiger partial charge on any atom is -0.465 e. The smallest absolute Gasteiger partial charge is 0.306 e. The van der Waals surface area contributed by atoms with Gasteiger partial charge < -0.3 is 19.5 Å². The van der Waals surface area contributed by atoms with E-state index in [-0.39, 0.29) is 24.6 Å². The second kappa shape index (κ2) is 35.2. The molecule has 0 saturated heterocycles. The van der Waals surface area contributed by atoms with Crippen molar-refractivity contribution in [1.82, 2.24) is 4.90 Å². The van der Waals surface area contributed by atoms with E-state index in [1.165, 1.54) is 96.3 Å². The zero-order valence-corrected chi connectivity index (χ0v) is 31.3. The highest BCUT2D eigenvalue weighted by Crippen LogP contribution is 2.20. The van der Waals surface area contributed by atoms with Crippen LogP contribution in [0.2, 0.25) is 0 Å². The van der Waals surface area contributed by atoms with E-state index >= 15 is 0 Å². The molecule has 0 aromatic rings. The number of hydrogen-bond donors (Lipinski definition) is 1. The molecule has 0 radical (unpaired) electrons. The Labute approximate surface area is 286 Å². The first-order chi connectivity index (χ1) is 22.5. The van der Waals surface area contributed by atoms with Gasteiger partial charge in [-0.25, -0.2) is 0 Å². The summed E-state index contributed by atoms with van der Waals surface area (Å²) in [6.07, 6.45) is 31.2. The predicted molar refractivity (Wildman–Crippen MR) is 195 cm³/mol. The van der Waals surface area contributed by atoms with E-state index in [0.717, 1.165) is 83.7 Å². The van der Waals surface area contributed by atoms with Crippen molar-refractivity contribution in [1.29, 1.82) is 0 Å². The SMILES string of the molecule is CCCCCCCCCC(CCCCCCCCC(=O)OCC(CCCC)CCCCCC)OC(=O)CCCCN(C)CCCO. The van der Waals surface area contributed by atoms with E-state index in [2.05, 4.69) is 32.7 Å². The molecular weight excluding hydrogens is 574 g/mol. The maximum absolute atomic E-state index is 12.6. The van der Waals surface area contributed by atoms with E-state index in [1.807, 2.05) is 0 Å². The Kier molecular flexibility index (Phi) is 34.3. The van der Waals surface area contributed by atoms with Crippen LogP contribution >= 0.6 is 0 Å². The fraction of sp³-hybridized carbons (Fsp3) is 0.950. The van der Waals surface area contributed by atoms with Gasteiger partial charge in [0, 0.05) is 26.0 Å². The normalized spacial score (nSPS) is 12.8. The lowest BCUT2D eigenvalue weighted by Gasteiger charge is -2.19. The van der Waals surface area contributed by atoms with Crippen molar-refractivity contribution in [2.45, 2.75) is 207 Å². The highest BCUT2D eigenvalue weighted by atomic mass is 16.5. The summed E-state index contributed by atoms with van der Waals surface area (Å²) in [5.41, 5.74) is 0. The molecular formula is C40H79NO5. The van der Waals surface area contributed by atoms with Gasteiger partial charge in [0.15, 0.2) is 0 Å². The third-order valence-corrected chi connectivity index (χ3v) is 9.37. The van der Waals surface area contributed by atoms with Crippen LogP contribution in [0.3, 0.4) is 0 Å². The van der Waals surface area contributed by atoms with E-state index in [4.69, 9.17) is 14.6 Å². The van der Waals surface area contributed by atoms with Crippen molar-refractivity contribution in [2.24, 2.45) is 5.92 Å². The van der Waals surface area contributed by atoms with Crippen LogP contribution in [0.1, 0.15) is 201 Å². The van der Waals surface area contributed by atoms with Crippen molar-refractivity contribution < 1.29 is 24.2 Å². The van der Waals surface area contributed by atoms with Crippen LogP contribution in [-0.4, -0.2) is 61.4 Å². The number of aliphatic hydroxyl groups is 1. The Bertz CT molecular complexity index is 658. The first-order valence-corrected chi connectivity index (χ1v) is 20.1. The van der Waals surface area contributed by atoms with E-state index in [9.17, 15) is 9.59 Å². The quantitative estimate of drug-likeness (QED) is 0.0535. The molecule has 274 valence electrons. The van der Waals surface area contributed by atoms with E-state index in [0.29, 0.717) is 25.4 Å². The number of esters is 2. The minimum absolute atomic E-state index is 0.0150. The van der Waals surface area contributed by atoms with Gasteiger partial charge in [0.25, 0.3) is 0 Å². The molecule has 0 aliphatic rings. The van der Waals surface area contributed by atoms with E-state index < -0.39 is 0 Å². The Hall–Kier alpha value is -1.14. The van der Waals surface area contributed by atoms with Crippen LogP contribution in [0.5, 0.6) is 0 Å². The van der Waals surface area contributed by atoms with Gasteiger partial charge in [0.1, 0.15) is 6.10 Å². The van der Waals surface area contributed by atoms with Crippen molar-refractivity contribution in [3.05, 3.63) is 0 Å². The minimum atomic E-state index is -0.0361. The number of carbonyl (C=O) groups is 2.